The van der Waals surface area contributed by atoms with Gasteiger partial charge in [0.25, 0.3) is 5.91 Å². The van der Waals surface area contributed by atoms with E-state index in [1.807, 2.05) is 24.3 Å². The van der Waals surface area contributed by atoms with Gasteiger partial charge in [0.1, 0.15) is 6.29 Å². The van der Waals surface area contributed by atoms with Crippen LogP contribution in [0.5, 0.6) is 11.5 Å². The van der Waals surface area contributed by atoms with Gasteiger partial charge in [0.15, 0.2) is 11.5 Å². The van der Waals surface area contributed by atoms with E-state index in [2.05, 4.69) is 0 Å². The Labute approximate surface area is 158 Å². The van der Waals surface area contributed by atoms with Gasteiger partial charge in [0.05, 0.1) is 19.8 Å². The van der Waals surface area contributed by atoms with E-state index in [0.29, 0.717) is 29.2 Å². The van der Waals surface area contributed by atoms with Gasteiger partial charge in [-0.15, -0.1) is 0 Å². The van der Waals surface area contributed by atoms with Gasteiger partial charge in [-0.3, -0.25) is 9.59 Å². The average Bonchev–Trinajstić information content (AvgIpc) is 3.04. The molecular weight excluding hydrogens is 342 g/mol. The second-order valence-corrected chi connectivity index (χ2v) is 7.14. The van der Waals surface area contributed by atoms with E-state index < -0.39 is 0 Å². The number of carbonyl (C=O) groups is 2. The second-order valence-electron chi connectivity index (χ2n) is 7.14. The van der Waals surface area contributed by atoms with E-state index in [1.54, 1.807) is 24.1 Å². The Morgan fingerprint density at radius 3 is 2.59 bits per heavy atom. The number of aldehydes is 1. The quantitative estimate of drug-likeness (QED) is 0.738. The molecule has 1 fully saturated rings. The second kappa shape index (κ2) is 7.43. The van der Waals surface area contributed by atoms with Gasteiger partial charge in [-0.25, -0.2) is 0 Å². The van der Waals surface area contributed by atoms with Gasteiger partial charge >= 0.3 is 0 Å². The molecule has 5 nitrogen and oxygen atoms in total. The first-order chi connectivity index (χ1) is 13.2. The number of rotatable bonds is 5. The lowest BCUT2D eigenvalue weighted by molar-refractivity contribution is 0.0996. The molecule has 5 heteroatoms. The molecule has 0 bridgehead atoms. The number of anilines is 1. The number of methoxy groups -OCH3 is 1. The van der Waals surface area contributed by atoms with Crippen molar-refractivity contribution in [3.05, 3.63) is 53.1 Å². The molecule has 1 amide bonds. The zero-order valence-electron chi connectivity index (χ0n) is 15.4. The molecule has 0 unspecified atom stereocenters. The lowest BCUT2D eigenvalue weighted by atomic mass is 9.98. The summed E-state index contributed by atoms with van der Waals surface area (Å²) < 4.78 is 11.7. The van der Waals surface area contributed by atoms with Crippen molar-refractivity contribution < 1.29 is 19.1 Å². The summed E-state index contributed by atoms with van der Waals surface area (Å²) in [5.74, 6) is 1.26. The van der Waals surface area contributed by atoms with Crippen LogP contribution < -0.4 is 14.4 Å². The fourth-order valence-corrected chi connectivity index (χ4v) is 3.89. The Balaban J connectivity index is 1.61. The minimum absolute atomic E-state index is 0.0949. The summed E-state index contributed by atoms with van der Waals surface area (Å²) in [6.07, 6.45) is 6.70. The topological polar surface area (TPSA) is 55.8 Å². The highest BCUT2D eigenvalue weighted by molar-refractivity contribution is 6.10. The summed E-state index contributed by atoms with van der Waals surface area (Å²) in [7, 11) is 1.63. The zero-order chi connectivity index (χ0) is 18.8. The van der Waals surface area contributed by atoms with Gasteiger partial charge in [-0.2, -0.15) is 0 Å². The largest absolute Gasteiger partial charge is 0.493 e. The van der Waals surface area contributed by atoms with E-state index >= 15 is 0 Å². The number of hydrogen-bond acceptors (Lipinski definition) is 4. The van der Waals surface area contributed by atoms with Crippen LogP contribution in [0.3, 0.4) is 0 Å². The molecule has 0 aromatic heterocycles. The van der Waals surface area contributed by atoms with Gasteiger partial charge in [0.2, 0.25) is 0 Å². The Kier molecular flexibility index (Phi) is 4.84. The summed E-state index contributed by atoms with van der Waals surface area (Å²) in [6.45, 7) is 0.489. The van der Waals surface area contributed by atoms with Crippen LogP contribution in [-0.4, -0.2) is 25.4 Å². The monoisotopic (exact) mass is 365 g/mol. The highest BCUT2D eigenvalue weighted by Crippen LogP contribution is 2.37. The first-order valence-corrected chi connectivity index (χ1v) is 9.44. The van der Waals surface area contributed by atoms with Gasteiger partial charge < -0.3 is 14.4 Å². The average molecular weight is 365 g/mol. The van der Waals surface area contributed by atoms with E-state index in [4.69, 9.17) is 9.47 Å². The molecule has 0 N–H and O–H groups in total. The number of benzene rings is 2. The minimum Gasteiger partial charge on any atom is -0.493 e. The van der Waals surface area contributed by atoms with Crippen LogP contribution in [0.25, 0.3) is 0 Å². The van der Waals surface area contributed by atoms with E-state index in [-0.39, 0.29) is 12.0 Å². The van der Waals surface area contributed by atoms with Crippen molar-refractivity contribution in [2.75, 3.05) is 12.0 Å². The first-order valence-electron chi connectivity index (χ1n) is 9.44. The van der Waals surface area contributed by atoms with Crippen molar-refractivity contribution in [1.82, 2.24) is 0 Å². The van der Waals surface area contributed by atoms with Crippen molar-refractivity contribution in [1.29, 1.82) is 0 Å². The number of carbonyl (C=O) groups excluding carboxylic acids is 2. The molecule has 4 rings (SSSR count). The molecule has 1 saturated carbocycles. The highest BCUT2D eigenvalue weighted by Gasteiger charge is 2.29. The molecule has 0 spiro atoms. The molecular formula is C22H23NO4. The van der Waals surface area contributed by atoms with Crippen LogP contribution in [0, 0.1) is 0 Å². The third-order valence-electron chi connectivity index (χ3n) is 5.38. The van der Waals surface area contributed by atoms with Crippen LogP contribution >= 0.6 is 0 Å². The van der Waals surface area contributed by atoms with Crippen molar-refractivity contribution in [3.8, 4) is 11.5 Å². The summed E-state index contributed by atoms with van der Waals surface area (Å²) in [5, 5.41) is 0. The third kappa shape index (κ3) is 3.42. The Morgan fingerprint density at radius 2 is 1.85 bits per heavy atom. The summed E-state index contributed by atoms with van der Waals surface area (Å²) >= 11 is 0. The summed E-state index contributed by atoms with van der Waals surface area (Å²) in [6, 6.07) is 10.9. The SMILES string of the molecule is COc1ccc(N2Cc3ccc(C=O)cc3C2=O)cc1OC1CCCCC1. The van der Waals surface area contributed by atoms with Gasteiger partial charge in [0, 0.05) is 22.9 Å². The molecule has 2 aromatic rings. The van der Waals surface area contributed by atoms with Crippen LogP contribution in [0.2, 0.25) is 0 Å². The Morgan fingerprint density at radius 1 is 1.04 bits per heavy atom. The maximum Gasteiger partial charge on any atom is 0.258 e. The molecule has 1 aliphatic heterocycles. The van der Waals surface area contributed by atoms with E-state index in [9.17, 15) is 9.59 Å². The standard InChI is InChI=1S/C22H23NO4/c1-26-20-10-9-17(12-21(20)27-18-5-3-2-4-6-18)23-13-16-8-7-15(14-24)11-19(16)22(23)25/h7-12,14,18H,2-6,13H2,1H3. The Bertz CT molecular complexity index is 871. The zero-order valence-corrected chi connectivity index (χ0v) is 15.4. The molecule has 2 aliphatic rings. The fourth-order valence-electron chi connectivity index (χ4n) is 3.89. The van der Waals surface area contributed by atoms with Crippen LogP contribution in [0.4, 0.5) is 5.69 Å². The molecule has 0 atom stereocenters. The van der Waals surface area contributed by atoms with Crippen LogP contribution in [-0.2, 0) is 6.54 Å². The number of fused-ring (bicyclic) bond motifs is 1. The normalized spacial score (nSPS) is 16.9. The predicted octanol–water partition coefficient (Wildman–Crippen LogP) is 4.38. The smallest absolute Gasteiger partial charge is 0.258 e. The maximum atomic E-state index is 12.9. The van der Waals surface area contributed by atoms with Gasteiger partial charge in [-0.1, -0.05) is 18.6 Å². The fraction of sp³-hybridized carbons (Fsp3) is 0.364. The van der Waals surface area contributed by atoms with E-state index in [0.717, 1.165) is 30.4 Å². The molecule has 27 heavy (non-hydrogen) atoms. The number of amides is 1. The Hall–Kier alpha value is -2.82. The number of ether oxygens (including phenoxy) is 2. The van der Waals surface area contributed by atoms with Crippen molar-refractivity contribution in [3.63, 3.8) is 0 Å². The lowest BCUT2D eigenvalue weighted by Crippen LogP contribution is -2.23. The lowest BCUT2D eigenvalue weighted by Gasteiger charge is -2.25. The van der Waals surface area contributed by atoms with Crippen molar-refractivity contribution in [2.45, 2.75) is 44.8 Å². The van der Waals surface area contributed by atoms with Gasteiger partial charge in [-0.05, 0) is 49.4 Å². The minimum atomic E-state index is -0.0949. The molecule has 0 saturated heterocycles. The molecule has 2 aromatic carbocycles. The van der Waals surface area contributed by atoms with Crippen molar-refractivity contribution >= 4 is 17.9 Å². The summed E-state index contributed by atoms with van der Waals surface area (Å²) in [4.78, 5) is 25.6. The molecule has 140 valence electrons. The summed E-state index contributed by atoms with van der Waals surface area (Å²) in [5.41, 5.74) is 2.80. The number of nitrogens with zero attached hydrogens (tertiary/aromatic N) is 1. The predicted molar refractivity (Wildman–Crippen MR) is 103 cm³/mol. The van der Waals surface area contributed by atoms with E-state index in [1.165, 1.54) is 19.3 Å². The third-order valence-corrected chi connectivity index (χ3v) is 5.38. The van der Waals surface area contributed by atoms with Crippen LogP contribution in [0.1, 0.15) is 58.4 Å². The number of hydrogen-bond donors (Lipinski definition) is 0. The first kappa shape index (κ1) is 17.6. The molecule has 0 radical (unpaired) electrons. The maximum absolute atomic E-state index is 12.9. The van der Waals surface area contributed by atoms with Crippen LogP contribution in [0.15, 0.2) is 36.4 Å². The van der Waals surface area contributed by atoms with Crippen molar-refractivity contribution in [2.24, 2.45) is 0 Å². The highest BCUT2D eigenvalue weighted by atomic mass is 16.5. The molecule has 1 heterocycles. The molecule has 1 aliphatic carbocycles.